The van der Waals surface area contributed by atoms with Crippen LogP contribution in [0, 0.1) is 0 Å². The van der Waals surface area contributed by atoms with Gasteiger partial charge >= 0.3 is 0 Å². The van der Waals surface area contributed by atoms with E-state index in [4.69, 9.17) is 4.74 Å². The van der Waals surface area contributed by atoms with Crippen molar-refractivity contribution in [2.75, 3.05) is 6.61 Å². The highest BCUT2D eigenvalue weighted by atomic mass is 16.5. The Morgan fingerprint density at radius 2 is 2.50 bits per heavy atom. The summed E-state index contributed by atoms with van der Waals surface area (Å²) in [6, 6.07) is 0.0435. The van der Waals surface area contributed by atoms with Crippen molar-refractivity contribution in [1.29, 1.82) is 0 Å². The lowest BCUT2D eigenvalue weighted by Crippen LogP contribution is -2.35. The minimum absolute atomic E-state index is 0.0435. The SMILES string of the molecule is C[C@H]1COCc2cn(nn2)CCCC(=O)N1. The van der Waals surface area contributed by atoms with Gasteiger partial charge in [0.25, 0.3) is 0 Å². The summed E-state index contributed by atoms with van der Waals surface area (Å²) >= 11 is 0. The van der Waals surface area contributed by atoms with E-state index in [0.717, 1.165) is 18.7 Å². The molecule has 0 unspecified atom stereocenters. The summed E-state index contributed by atoms with van der Waals surface area (Å²) in [4.78, 5) is 11.5. The average Bonchev–Trinajstić information content (AvgIpc) is 2.64. The van der Waals surface area contributed by atoms with Gasteiger partial charge in [-0.15, -0.1) is 5.10 Å². The van der Waals surface area contributed by atoms with Gasteiger partial charge in [0.2, 0.25) is 5.91 Å². The van der Waals surface area contributed by atoms with Gasteiger partial charge < -0.3 is 10.1 Å². The molecule has 1 aromatic heterocycles. The Morgan fingerprint density at radius 3 is 3.38 bits per heavy atom. The van der Waals surface area contributed by atoms with E-state index < -0.39 is 0 Å². The Balaban J connectivity index is 2.01. The molecule has 0 spiro atoms. The molecule has 6 heteroatoms. The van der Waals surface area contributed by atoms with E-state index in [1.54, 1.807) is 4.68 Å². The molecule has 1 amide bonds. The van der Waals surface area contributed by atoms with Gasteiger partial charge in [0, 0.05) is 19.0 Å². The standard InChI is InChI=1S/C10H16N4O2/c1-8-6-16-7-9-5-14(13-12-9)4-2-3-10(15)11-8/h5,8H,2-4,6-7H2,1H3,(H,11,15)/t8-/m0/s1. The molecule has 1 N–H and O–H groups in total. The molecule has 0 radical (unpaired) electrons. The Bertz CT molecular complexity index is 363. The van der Waals surface area contributed by atoms with Crippen LogP contribution in [-0.4, -0.2) is 33.5 Å². The quantitative estimate of drug-likeness (QED) is 0.678. The minimum Gasteiger partial charge on any atom is -0.373 e. The number of aromatic nitrogens is 3. The number of ether oxygens (including phenoxy) is 1. The largest absolute Gasteiger partial charge is 0.373 e. The second-order valence-corrected chi connectivity index (χ2v) is 4.06. The van der Waals surface area contributed by atoms with Gasteiger partial charge in [-0.3, -0.25) is 9.48 Å². The van der Waals surface area contributed by atoms with Crippen molar-refractivity contribution < 1.29 is 9.53 Å². The third-order valence-corrected chi connectivity index (χ3v) is 2.40. The normalized spacial score (nSPS) is 23.1. The molecule has 0 aromatic carbocycles. The molecule has 0 fully saturated rings. The summed E-state index contributed by atoms with van der Waals surface area (Å²) in [7, 11) is 0. The highest BCUT2D eigenvalue weighted by Crippen LogP contribution is 2.01. The summed E-state index contributed by atoms with van der Waals surface area (Å²) in [6.07, 6.45) is 3.16. The molecule has 2 heterocycles. The van der Waals surface area contributed by atoms with E-state index in [2.05, 4.69) is 15.6 Å². The van der Waals surface area contributed by atoms with E-state index in [1.807, 2.05) is 13.1 Å². The average molecular weight is 224 g/mol. The van der Waals surface area contributed by atoms with Crippen LogP contribution < -0.4 is 5.32 Å². The first-order chi connectivity index (χ1) is 7.74. The third kappa shape index (κ3) is 3.03. The van der Waals surface area contributed by atoms with E-state index >= 15 is 0 Å². The fourth-order valence-electron chi connectivity index (χ4n) is 1.64. The molecule has 1 aliphatic rings. The number of aryl methyl sites for hydroxylation is 1. The molecule has 0 aliphatic carbocycles. The lowest BCUT2D eigenvalue weighted by molar-refractivity contribution is -0.122. The van der Waals surface area contributed by atoms with Crippen LogP contribution in [0.5, 0.6) is 0 Å². The number of rotatable bonds is 0. The van der Waals surface area contributed by atoms with Crippen LogP contribution in [0.2, 0.25) is 0 Å². The summed E-state index contributed by atoms with van der Waals surface area (Å²) in [5.74, 6) is 0.0667. The van der Waals surface area contributed by atoms with Crippen LogP contribution in [-0.2, 0) is 22.7 Å². The van der Waals surface area contributed by atoms with Crippen LogP contribution in [0.15, 0.2) is 6.20 Å². The van der Waals surface area contributed by atoms with Crippen LogP contribution in [0.3, 0.4) is 0 Å². The number of hydrogen-bond acceptors (Lipinski definition) is 4. The number of hydrogen-bond donors (Lipinski definition) is 1. The zero-order valence-corrected chi connectivity index (χ0v) is 9.35. The van der Waals surface area contributed by atoms with Crippen molar-refractivity contribution in [3.63, 3.8) is 0 Å². The second-order valence-electron chi connectivity index (χ2n) is 4.06. The fourth-order valence-corrected chi connectivity index (χ4v) is 1.64. The molecule has 1 aliphatic heterocycles. The summed E-state index contributed by atoms with van der Waals surface area (Å²) in [6.45, 7) is 3.59. The van der Waals surface area contributed by atoms with Crippen molar-refractivity contribution in [3.05, 3.63) is 11.9 Å². The first-order valence-electron chi connectivity index (χ1n) is 5.50. The Kier molecular flexibility index (Phi) is 3.51. The van der Waals surface area contributed by atoms with Crippen LogP contribution in [0.25, 0.3) is 0 Å². The predicted octanol–water partition coefficient (Wildman–Crippen LogP) is 0.0932. The molecule has 1 atom stereocenters. The predicted molar refractivity (Wildman–Crippen MR) is 56.5 cm³/mol. The van der Waals surface area contributed by atoms with Crippen LogP contribution in [0.1, 0.15) is 25.5 Å². The topological polar surface area (TPSA) is 69.0 Å². The highest BCUT2D eigenvalue weighted by Gasteiger charge is 2.10. The zero-order valence-electron chi connectivity index (χ0n) is 9.35. The van der Waals surface area contributed by atoms with E-state index in [9.17, 15) is 4.79 Å². The first-order valence-corrected chi connectivity index (χ1v) is 5.50. The number of carbonyl (C=O) groups excluding carboxylic acids is 1. The van der Waals surface area contributed by atoms with Crippen molar-refractivity contribution >= 4 is 5.91 Å². The molecule has 0 saturated carbocycles. The zero-order chi connectivity index (χ0) is 11.4. The maximum Gasteiger partial charge on any atom is 0.220 e. The van der Waals surface area contributed by atoms with Gasteiger partial charge in [-0.25, -0.2) is 0 Å². The first kappa shape index (κ1) is 11.1. The lowest BCUT2D eigenvalue weighted by atomic mass is 10.2. The smallest absolute Gasteiger partial charge is 0.220 e. The van der Waals surface area contributed by atoms with Crippen molar-refractivity contribution in [2.24, 2.45) is 0 Å². The number of nitrogens with zero attached hydrogens (tertiary/aromatic N) is 3. The van der Waals surface area contributed by atoms with Gasteiger partial charge in [-0.1, -0.05) is 5.21 Å². The fraction of sp³-hybridized carbons (Fsp3) is 0.700. The molecular formula is C10H16N4O2. The van der Waals surface area contributed by atoms with Gasteiger partial charge in [-0.2, -0.15) is 0 Å². The minimum atomic E-state index is 0.0435. The molecule has 6 nitrogen and oxygen atoms in total. The highest BCUT2D eigenvalue weighted by molar-refractivity contribution is 5.76. The van der Waals surface area contributed by atoms with Crippen LogP contribution >= 0.6 is 0 Å². The van der Waals surface area contributed by atoms with Crippen molar-refractivity contribution in [1.82, 2.24) is 20.3 Å². The van der Waals surface area contributed by atoms with Gasteiger partial charge in [0.05, 0.1) is 19.4 Å². The number of carbonyl (C=O) groups is 1. The second kappa shape index (κ2) is 5.07. The summed E-state index contributed by atoms with van der Waals surface area (Å²) in [5.41, 5.74) is 0.833. The maximum atomic E-state index is 11.5. The number of fused-ring (bicyclic) bond motifs is 2. The Hall–Kier alpha value is -1.43. The van der Waals surface area contributed by atoms with Gasteiger partial charge in [0.15, 0.2) is 0 Å². The molecule has 0 saturated heterocycles. The molecule has 88 valence electrons. The molecular weight excluding hydrogens is 208 g/mol. The van der Waals surface area contributed by atoms with Crippen molar-refractivity contribution in [3.8, 4) is 0 Å². The van der Waals surface area contributed by atoms with E-state index in [-0.39, 0.29) is 11.9 Å². The van der Waals surface area contributed by atoms with Crippen molar-refractivity contribution in [2.45, 2.75) is 39.0 Å². The molecule has 1 aromatic rings. The summed E-state index contributed by atoms with van der Waals surface area (Å²) < 4.78 is 7.18. The van der Waals surface area contributed by atoms with Crippen LogP contribution in [0.4, 0.5) is 0 Å². The molecule has 16 heavy (non-hydrogen) atoms. The summed E-state index contributed by atoms with van der Waals surface area (Å²) in [5, 5.41) is 10.8. The monoisotopic (exact) mass is 224 g/mol. The Labute approximate surface area is 94.0 Å². The Morgan fingerprint density at radius 1 is 1.62 bits per heavy atom. The maximum absolute atomic E-state index is 11.5. The van der Waals surface area contributed by atoms with E-state index in [1.165, 1.54) is 0 Å². The number of amides is 1. The number of nitrogens with one attached hydrogen (secondary N) is 1. The third-order valence-electron chi connectivity index (χ3n) is 2.40. The lowest BCUT2D eigenvalue weighted by Gasteiger charge is -2.14. The molecule has 2 bridgehead atoms. The van der Waals surface area contributed by atoms with Gasteiger partial charge in [0.1, 0.15) is 5.69 Å². The van der Waals surface area contributed by atoms with Gasteiger partial charge in [-0.05, 0) is 13.3 Å². The molecule has 2 rings (SSSR count). The van der Waals surface area contributed by atoms with E-state index in [0.29, 0.717) is 19.6 Å².